The van der Waals surface area contributed by atoms with Crippen LogP contribution in [0.1, 0.15) is 0 Å². The Morgan fingerprint density at radius 1 is 0.323 bits per heavy atom. The van der Waals surface area contributed by atoms with Gasteiger partial charge in [-0.1, -0.05) is 0 Å². The van der Waals surface area contributed by atoms with Gasteiger partial charge >= 0.3 is 0 Å². The first-order valence-electron chi connectivity index (χ1n) is 7.87. The Morgan fingerprint density at radius 2 is 0.548 bits per heavy atom. The molecule has 3 rings (SSSR count). The molecule has 0 aliphatic rings. The molecule has 31 heavy (non-hydrogen) atoms. The molecule has 0 N–H and O–H groups in total. The Balaban J connectivity index is 2.50. The zero-order valence-corrected chi connectivity index (χ0v) is 14.3. The van der Waals surface area contributed by atoms with E-state index in [4.69, 9.17) is 0 Å². The lowest BCUT2D eigenvalue weighted by Crippen LogP contribution is -2.57. The Hall–Kier alpha value is -3.12. The van der Waals surface area contributed by atoms with Crippen LogP contribution >= 0.6 is 0 Å². The van der Waals surface area contributed by atoms with Gasteiger partial charge in [0.05, 0.1) is 0 Å². The number of benzene rings is 3. The molecule has 0 bridgehead atoms. The normalized spacial score (nSPS) is 11.2. The second kappa shape index (κ2) is 7.86. The molecule has 0 radical (unpaired) electrons. The summed E-state index contributed by atoms with van der Waals surface area (Å²) in [6, 6.07) is -0.638. The van der Waals surface area contributed by atoms with Crippen LogP contribution < -0.4 is 16.4 Å². The summed E-state index contributed by atoms with van der Waals surface area (Å²) >= 11 is 0. The highest BCUT2D eigenvalue weighted by Crippen LogP contribution is 2.19. The molecule has 0 unspecified atom stereocenters. The molecular formula is C18H3BF12. The molecule has 0 spiro atoms. The van der Waals surface area contributed by atoms with Crippen molar-refractivity contribution in [2.45, 2.75) is 0 Å². The highest BCUT2D eigenvalue weighted by atomic mass is 19.2. The van der Waals surface area contributed by atoms with Crippen LogP contribution in [0.4, 0.5) is 52.7 Å². The predicted octanol–water partition coefficient (Wildman–Crippen LogP) is 3.87. The van der Waals surface area contributed by atoms with Gasteiger partial charge in [-0.3, -0.25) is 0 Å². The van der Waals surface area contributed by atoms with Gasteiger partial charge in [-0.05, 0) is 34.6 Å². The topological polar surface area (TPSA) is 0 Å². The summed E-state index contributed by atoms with van der Waals surface area (Å²) < 4.78 is 165. The maximum atomic E-state index is 14.3. The quantitative estimate of drug-likeness (QED) is 0.242. The van der Waals surface area contributed by atoms with E-state index in [1.807, 2.05) is 0 Å². The second-order valence-corrected chi connectivity index (χ2v) is 6.10. The van der Waals surface area contributed by atoms with Crippen molar-refractivity contribution in [1.29, 1.82) is 0 Å². The van der Waals surface area contributed by atoms with Crippen LogP contribution in [0.3, 0.4) is 0 Å². The second-order valence-electron chi connectivity index (χ2n) is 6.10. The van der Waals surface area contributed by atoms with Crippen molar-refractivity contribution < 1.29 is 52.7 Å². The third-order valence-corrected chi connectivity index (χ3v) is 4.33. The fourth-order valence-corrected chi connectivity index (χ4v) is 2.91. The van der Waals surface area contributed by atoms with Gasteiger partial charge in [-0.15, -0.1) is 0 Å². The van der Waals surface area contributed by atoms with Crippen LogP contribution in [0.5, 0.6) is 0 Å². The van der Waals surface area contributed by atoms with Crippen LogP contribution in [0.2, 0.25) is 0 Å². The maximum absolute atomic E-state index is 14.3. The average molecular weight is 458 g/mol. The van der Waals surface area contributed by atoms with E-state index in [9.17, 15) is 52.7 Å². The number of hydrogen-bond donors (Lipinski definition) is 0. The summed E-state index contributed by atoms with van der Waals surface area (Å²) in [6.07, 6.45) is 0. The van der Waals surface area contributed by atoms with Crippen LogP contribution in [0, 0.1) is 69.8 Å². The maximum Gasteiger partial charge on any atom is 0.253 e. The van der Waals surface area contributed by atoms with Gasteiger partial charge in [0, 0.05) is 0 Å². The van der Waals surface area contributed by atoms with Crippen molar-refractivity contribution >= 4 is 23.1 Å². The molecule has 0 nitrogen and oxygen atoms in total. The van der Waals surface area contributed by atoms with Gasteiger partial charge in [-0.25, -0.2) is 52.7 Å². The number of halogens is 12. The van der Waals surface area contributed by atoms with Crippen molar-refractivity contribution in [3.8, 4) is 0 Å². The van der Waals surface area contributed by atoms with E-state index in [1.54, 1.807) is 0 Å². The van der Waals surface area contributed by atoms with E-state index in [2.05, 4.69) is 0 Å². The first-order chi connectivity index (χ1) is 14.4. The largest absolute Gasteiger partial charge is 0.253 e. The summed E-state index contributed by atoms with van der Waals surface area (Å²) in [6.45, 7) is -2.82. The smallest absolute Gasteiger partial charge is 0.204 e. The fourth-order valence-electron chi connectivity index (χ4n) is 2.91. The molecule has 3 aromatic rings. The molecule has 0 aliphatic carbocycles. The van der Waals surface area contributed by atoms with Crippen molar-refractivity contribution in [2.24, 2.45) is 0 Å². The lowest BCUT2D eigenvalue weighted by atomic mass is 9.36. The van der Waals surface area contributed by atoms with E-state index < -0.39 is 92.9 Å². The summed E-state index contributed by atoms with van der Waals surface area (Å²) in [5.41, 5.74) is -4.78. The number of rotatable bonds is 3. The molecule has 0 aromatic heterocycles. The van der Waals surface area contributed by atoms with Crippen molar-refractivity contribution in [3.05, 3.63) is 88.0 Å². The Morgan fingerprint density at radius 3 is 0.774 bits per heavy atom. The van der Waals surface area contributed by atoms with E-state index in [0.717, 1.165) is 0 Å². The fraction of sp³-hybridized carbons (Fsp3) is 0. The lowest BCUT2D eigenvalue weighted by Gasteiger charge is -2.19. The third-order valence-electron chi connectivity index (χ3n) is 4.33. The van der Waals surface area contributed by atoms with Crippen molar-refractivity contribution in [3.63, 3.8) is 0 Å². The van der Waals surface area contributed by atoms with E-state index >= 15 is 0 Å². The van der Waals surface area contributed by atoms with Gasteiger partial charge < -0.3 is 0 Å². The minimum atomic E-state index is -2.82. The molecule has 0 aliphatic heterocycles. The van der Waals surface area contributed by atoms with E-state index in [1.165, 1.54) is 0 Å². The molecule has 0 atom stereocenters. The van der Waals surface area contributed by atoms with Crippen LogP contribution in [-0.4, -0.2) is 6.71 Å². The zero-order valence-electron chi connectivity index (χ0n) is 14.3. The number of hydrogen-bond acceptors (Lipinski definition) is 0. The van der Waals surface area contributed by atoms with Gasteiger partial charge in [0.15, 0.2) is 69.8 Å². The molecule has 0 fully saturated rings. The van der Waals surface area contributed by atoms with Gasteiger partial charge in [-0.2, -0.15) is 0 Å². The predicted molar refractivity (Wildman–Crippen MR) is 83.5 cm³/mol. The Bertz CT molecular complexity index is 1070. The molecule has 0 amide bonds. The highest BCUT2D eigenvalue weighted by molar-refractivity contribution is 6.95. The van der Waals surface area contributed by atoms with Gasteiger partial charge in [0.2, 0.25) is 0 Å². The first kappa shape index (κ1) is 22.6. The SMILES string of the molecule is Fc1cc(B(c2cc(F)c(F)c(F)c2F)c2cc(F)c(F)c(F)c2F)c(F)c(F)c1F. The summed E-state index contributed by atoms with van der Waals surface area (Å²) in [4.78, 5) is 0. The minimum Gasteiger partial charge on any atom is -0.204 e. The van der Waals surface area contributed by atoms with Crippen molar-refractivity contribution in [1.82, 2.24) is 0 Å². The minimum absolute atomic E-state index is 0.213. The molecule has 162 valence electrons. The highest BCUT2D eigenvalue weighted by Gasteiger charge is 2.37. The molecule has 0 saturated carbocycles. The van der Waals surface area contributed by atoms with Gasteiger partial charge in [0.25, 0.3) is 6.71 Å². The lowest BCUT2D eigenvalue weighted by molar-refractivity contribution is 0.410. The molecule has 3 aromatic carbocycles. The monoisotopic (exact) mass is 458 g/mol. The summed E-state index contributed by atoms with van der Waals surface area (Å²) in [5, 5.41) is 0. The molecule has 0 heterocycles. The van der Waals surface area contributed by atoms with Crippen LogP contribution in [0.25, 0.3) is 0 Å². The standard InChI is InChI=1S/C18H3BF12/c20-7-1-4(10(23)16(29)13(7)26)19(5-2-8(21)14(27)17(30)11(5)24)6-3-9(22)15(28)18(31)12(6)25/h1-3H. The molecule has 13 heteroatoms. The molecular weight excluding hydrogens is 455 g/mol. The Labute approximate surface area is 164 Å². The summed E-state index contributed by atoms with van der Waals surface area (Å²) in [5.74, 6) is -28.4. The van der Waals surface area contributed by atoms with E-state index in [-0.39, 0.29) is 18.2 Å². The Kier molecular flexibility index (Phi) is 5.72. The average Bonchev–Trinajstić information content (AvgIpc) is 2.74. The summed E-state index contributed by atoms with van der Waals surface area (Å²) in [7, 11) is 0. The van der Waals surface area contributed by atoms with Gasteiger partial charge in [0.1, 0.15) is 0 Å². The van der Waals surface area contributed by atoms with Crippen LogP contribution in [-0.2, 0) is 0 Å². The van der Waals surface area contributed by atoms with Crippen LogP contribution in [0.15, 0.2) is 18.2 Å². The van der Waals surface area contributed by atoms with E-state index in [0.29, 0.717) is 0 Å². The first-order valence-corrected chi connectivity index (χ1v) is 7.87. The molecule has 0 saturated heterocycles. The third kappa shape index (κ3) is 3.51. The zero-order chi connectivity index (χ0) is 23.4. The van der Waals surface area contributed by atoms with Crippen molar-refractivity contribution in [2.75, 3.05) is 0 Å².